The molecule has 0 spiro atoms. The SMILES string of the molecule is Cc1cc(C)c(C)c(C(O)c2ccc(F)cc2I)c1C. The highest BCUT2D eigenvalue weighted by Gasteiger charge is 2.20. The van der Waals surface area contributed by atoms with Gasteiger partial charge >= 0.3 is 0 Å². The Balaban J connectivity index is 2.62. The van der Waals surface area contributed by atoms with Crippen molar-refractivity contribution in [2.24, 2.45) is 0 Å². The summed E-state index contributed by atoms with van der Waals surface area (Å²) < 4.78 is 14.0. The van der Waals surface area contributed by atoms with E-state index in [1.54, 1.807) is 6.07 Å². The van der Waals surface area contributed by atoms with E-state index >= 15 is 0 Å². The molecule has 1 atom stereocenters. The molecule has 2 aromatic carbocycles. The summed E-state index contributed by atoms with van der Waals surface area (Å²) in [5.41, 5.74) is 6.22. The fraction of sp³-hybridized carbons (Fsp3) is 0.294. The molecule has 3 heteroatoms. The Morgan fingerprint density at radius 1 is 1.00 bits per heavy atom. The second kappa shape index (κ2) is 5.82. The number of halogens is 2. The molecule has 0 aliphatic heterocycles. The number of hydrogen-bond acceptors (Lipinski definition) is 1. The summed E-state index contributed by atoms with van der Waals surface area (Å²) in [5, 5.41) is 10.7. The lowest BCUT2D eigenvalue weighted by Gasteiger charge is -2.21. The third kappa shape index (κ3) is 2.74. The van der Waals surface area contributed by atoms with Gasteiger partial charge in [0.1, 0.15) is 11.9 Å². The zero-order chi connectivity index (χ0) is 15.0. The van der Waals surface area contributed by atoms with Crippen molar-refractivity contribution in [3.8, 4) is 0 Å². The standard InChI is InChI=1S/C17H18FIO/c1-9-7-10(2)12(4)16(11(9)3)17(20)14-6-5-13(18)8-15(14)19/h5-8,17,20H,1-4H3. The number of rotatable bonds is 2. The summed E-state index contributed by atoms with van der Waals surface area (Å²) in [4.78, 5) is 0. The van der Waals surface area contributed by atoms with Crippen LogP contribution in [0.1, 0.15) is 39.5 Å². The number of hydrogen-bond donors (Lipinski definition) is 1. The average molecular weight is 384 g/mol. The summed E-state index contributed by atoms with van der Waals surface area (Å²) in [5.74, 6) is -0.279. The highest BCUT2D eigenvalue weighted by Crippen LogP contribution is 2.33. The van der Waals surface area contributed by atoms with Gasteiger partial charge in [0.25, 0.3) is 0 Å². The Hall–Kier alpha value is -0.940. The van der Waals surface area contributed by atoms with Crippen LogP contribution in [0.15, 0.2) is 24.3 Å². The molecule has 0 saturated heterocycles. The number of benzene rings is 2. The molecule has 0 aromatic heterocycles. The molecule has 2 rings (SSSR count). The molecule has 0 aliphatic rings. The van der Waals surface area contributed by atoms with E-state index in [4.69, 9.17) is 0 Å². The van der Waals surface area contributed by atoms with E-state index in [1.807, 2.05) is 27.7 Å². The maximum absolute atomic E-state index is 13.2. The molecule has 0 aliphatic carbocycles. The van der Waals surface area contributed by atoms with Gasteiger partial charge in [-0.1, -0.05) is 12.1 Å². The van der Waals surface area contributed by atoms with Crippen LogP contribution in [0.25, 0.3) is 0 Å². The molecule has 0 heterocycles. The zero-order valence-electron chi connectivity index (χ0n) is 12.1. The average Bonchev–Trinajstić information content (AvgIpc) is 2.36. The van der Waals surface area contributed by atoms with E-state index in [0.29, 0.717) is 0 Å². The Morgan fingerprint density at radius 3 is 2.05 bits per heavy atom. The van der Waals surface area contributed by atoms with Crippen LogP contribution in [0, 0.1) is 37.1 Å². The lowest BCUT2D eigenvalue weighted by atomic mass is 9.88. The van der Waals surface area contributed by atoms with Gasteiger partial charge < -0.3 is 5.11 Å². The molecule has 1 unspecified atom stereocenters. The van der Waals surface area contributed by atoms with Crippen molar-refractivity contribution in [1.82, 2.24) is 0 Å². The first-order chi connectivity index (χ1) is 9.32. The Bertz CT molecular complexity index is 638. The van der Waals surface area contributed by atoms with Crippen LogP contribution in [0.3, 0.4) is 0 Å². The van der Waals surface area contributed by atoms with Gasteiger partial charge in [-0.2, -0.15) is 0 Å². The third-order valence-electron chi connectivity index (χ3n) is 3.95. The van der Waals surface area contributed by atoms with Gasteiger partial charge in [0.15, 0.2) is 0 Å². The Kier molecular flexibility index (Phi) is 4.49. The first kappa shape index (κ1) is 15.4. The molecular formula is C17H18FIO. The minimum absolute atomic E-state index is 0.279. The van der Waals surface area contributed by atoms with Crippen LogP contribution in [0.4, 0.5) is 4.39 Å². The lowest BCUT2D eigenvalue weighted by molar-refractivity contribution is 0.217. The minimum atomic E-state index is -0.721. The molecule has 0 saturated carbocycles. The molecule has 20 heavy (non-hydrogen) atoms. The molecule has 0 bridgehead atoms. The summed E-state index contributed by atoms with van der Waals surface area (Å²) in [6, 6.07) is 6.65. The Labute approximate surface area is 133 Å². The summed E-state index contributed by atoms with van der Waals surface area (Å²) in [6.07, 6.45) is -0.721. The molecular weight excluding hydrogens is 366 g/mol. The topological polar surface area (TPSA) is 20.2 Å². The molecule has 106 valence electrons. The van der Waals surface area contributed by atoms with Crippen molar-refractivity contribution in [3.63, 3.8) is 0 Å². The highest BCUT2D eigenvalue weighted by atomic mass is 127. The summed E-state index contributed by atoms with van der Waals surface area (Å²) >= 11 is 2.07. The van der Waals surface area contributed by atoms with Crippen LogP contribution >= 0.6 is 22.6 Å². The highest BCUT2D eigenvalue weighted by molar-refractivity contribution is 14.1. The molecule has 1 N–H and O–H groups in total. The van der Waals surface area contributed by atoms with E-state index in [0.717, 1.165) is 25.8 Å². The minimum Gasteiger partial charge on any atom is -0.384 e. The predicted octanol–water partition coefficient (Wildman–Crippen LogP) is 4.75. The van der Waals surface area contributed by atoms with Gasteiger partial charge in [-0.05, 0) is 95.8 Å². The maximum atomic E-state index is 13.2. The maximum Gasteiger partial charge on any atom is 0.124 e. The van der Waals surface area contributed by atoms with Crippen LogP contribution < -0.4 is 0 Å². The van der Waals surface area contributed by atoms with Crippen molar-refractivity contribution in [2.45, 2.75) is 33.8 Å². The molecule has 2 aromatic rings. The fourth-order valence-electron chi connectivity index (χ4n) is 2.54. The second-order valence-electron chi connectivity index (χ2n) is 5.24. The number of aliphatic hydroxyl groups excluding tert-OH is 1. The summed E-state index contributed by atoms with van der Waals surface area (Å²) in [6.45, 7) is 8.15. The van der Waals surface area contributed by atoms with Gasteiger partial charge in [0.05, 0.1) is 0 Å². The van der Waals surface area contributed by atoms with E-state index in [2.05, 4.69) is 28.7 Å². The van der Waals surface area contributed by atoms with E-state index < -0.39 is 6.10 Å². The molecule has 1 nitrogen and oxygen atoms in total. The van der Waals surface area contributed by atoms with E-state index in [9.17, 15) is 9.50 Å². The quantitative estimate of drug-likeness (QED) is 0.742. The van der Waals surface area contributed by atoms with Gasteiger partial charge in [0.2, 0.25) is 0 Å². The lowest BCUT2D eigenvalue weighted by Crippen LogP contribution is -2.09. The predicted molar refractivity (Wildman–Crippen MR) is 88.6 cm³/mol. The molecule has 0 amide bonds. The molecule has 0 fully saturated rings. The smallest absolute Gasteiger partial charge is 0.124 e. The van der Waals surface area contributed by atoms with Gasteiger partial charge in [-0.3, -0.25) is 0 Å². The normalized spacial score (nSPS) is 12.6. The Morgan fingerprint density at radius 2 is 1.55 bits per heavy atom. The second-order valence-corrected chi connectivity index (χ2v) is 6.40. The van der Waals surface area contributed by atoms with Gasteiger partial charge in [0, 0.05) is 3.57 Å². The number of aliphatic hydroxyl groups is 1. The first-order valence-corrected chi connectivity index (χ1v) is 7.61. The van der Waals surface area contributed by atoms with E-state index in [-0.39, 0.29) is 5.82 Å². The van der Waals surface area contributed by atoms with Gasteiger partial charge in [-0.15, -0.1) is 0 Å². The third-order valence-corrected chi connectivity index (χ3v) is 4.89. The number of aryl methyl sites for hydroxylation is 2. The van der Waals surface area contributed by atoms with Crippen molar-refractivity contribution in [2.75, 3.05) is 0 Å². The molecule has 0 radical (unpaired) electrons. The monoisotopic (exact) mass is 384 g/mol. The van der Waals surface area contributed by atoms with Crippen molar-refractivity contribution in [3.05, 3.63) is 67.0 Å². The van der Waals surface area contributed by atoms with Crippen LogP contribution in [0.2, 0.25) is 0 Å². The van der Waals surface area contributed by atoms with Gasteiger partial charge in [-0.25, -0.2) is 4.39 Å². The van der Waals surface area contributed by atoms with Crippen molar-refractivity contribution >= 4 is 22.6 Å². The van der Waals surface area contributed by atoms with Crippen LogP contribution in [-0.4, -0.2) is 5.11 Å². The first-order valence-electron chi connectivity index (χ1n) is 6.53. The van der Waals surface area contributed by atoms with E-state index in [1.165, 1.54) is 23.3 Å². The summed E-state index contributed by atoms with van der Waals surface area (Å²) in [7, 11) is 0. The van der Waals surface area contributed by atoms with Crippen LogP contribution in [-0.2, 0) is 0 Å². The van der Waals surface area contributed by atoms with Crippen molar-refractivity contribution in [1.29, 1.82) is 0 Å². The van der Waals surface area contributed by atoms with Crippen molar-refractivity contribution < 1.29 is 9.50 Å². The van der Waals surface area contributed by atoms with Crippen LogP contribution in [0.5, 0.6) is 0 Å². The zero-order valence-corrected chi connectivity index (χ0v) is 14.2. The fourth-order valence-corrected chi connectivity index (χ4v) is 3.31. The largest absolute Gasteiger partial charge is 0.384 e.